The van der Waals surface area contributed by atoms with Gasteiger partial charge in [-0.25, -0.2) is 0 Å². The molecule has 0 aliphatic heterocycles. The molecule has 0 spiro atoms. The zero-order chi connectivity index (χ0) is 50.2. The van der Waals surface area contributed by atoms with E-state index in [4.69, 9.17) is 26.5 Å². The Bertz CT molecular complexity index is 3240. The lowest BCUT2D eigenvalue weighted by Gasteiger charge is -2.01. The van der Waals surface area contributed by atoms with E-state index in [1.807, 2.05) is 0 Å². The third-order valence-electron chi connectivity index (χ3n) is 9.05. The molecule has 0 amide bonds. The number of non-ortho nitro benzene ring substituents is 9. The van der Waals surface area contributed by atoms with Gasteiger partial charge in [-0.05, 0) is 36.4 Å². The average molecular weight is 958 g/mol. The first-order chi connectivity index (χ1) is 32.6. The molecule has 0 saturated carbocycles. The third kappa shape index (κ3) is 8.83. The lowest BCUT2D eigenvalue weighted by molar-refractivity contribution is -0.393. The Labute approximate surface area is 370 Å². The first-order valence-electron chi connectivity index (χ1n) is 17.9. The molecule has 0 N–H and O–H groups in total. The number of nitro benzene ring substituents is 9. The first-order valence-corrected chi connectivity index (χ1v) is 17.9. The van der Waals surface area contributed by atoms with E-state index in [-0.39, 0.29) is 18.2 Å². The van der Waals surface area contributed by atoms with E-state index in [0.717, 1.165) is 54.6 Å². The van der Waals surface area contributed by atoms with E-state index in [1.54, 1.807) is 0 Å². The van der Waals surface area contributed by atoms with E-state index in [9.17, 15) is 91.0 Å². The number of nitrogens with zero attached hydrogens (tertiary/aromatic N) is 9. The van der Waals surface area contributed by atoms with Gasteiger partial charge in [0, 0.05) is 18.2 Å². The Morgan fingerprint density at radius 1 is 0.232 bits per heavy atom. The zero-order valence-corrected chi connectivity index (χ0v) is 33.0. The van der Waals surface area contributed by atoms with E-state index >= 15 is 0 Å². The molecule has 7 aromatic rings. The van der Waals surface area contributed by atoms with Crippen molar-refractivity contribution in [2.75, 3.05) is 0 Å². The van der Waals surface area contributed by atoms with Crippen LogP contribution in [0.25, 0.3) is 67.0 Å². The Kier molecular flexibility index (Phi) is 11.7. The molecule has 33 heteroatoms. The zero-order valence-electron chi connectivity index (χ0n) is 33.0. The minimum atomic E-state index is -1.29. The summed E-state index contributed by atoms with van der Waals surface area (Å²) in [7, 11) is 0. The highest BCUT2D eigenvalue weighted by atomic mass is 16.7. The normalized spacial score (nSPS) is 10.8. The van der Waals surface area contributed by atoms with Gasteiger partial charge in [0.15, 0.2) is 0 Å². The second-order valence-corrected chi connectivity index (χ2v) is 13.1. The number of benzene rings is 6. The van der Waals surface area contributed by atoms with Crippen LogP contribution in [0.2, 0.25) is 0 Å². The van der Waals surface area contributed by atoms with Crippen LogP contribution in [0, 0.1) is 91.0 Å². The molecule has 1 heterocycles. The highest BCUT2D eigenvalue weighted by molar-refractivity contribution is 5.86. The van der Waals surface area contributed by atoms with E-state index < -0.39 is 162 Å². The summed E-state index contributed by atoms with van der Waals surface area (Å²) in [5, 5.41) is 111. The summed E-state index contributed by atoms with van der Waals surface area (Å²) in [6.07, 6.45) is 0. The van der Waals surface area contributed by atoms with Gasteiger partial charge in [-0.1, -0.05) is 18.2 Å². The Balaban J connectivity index is 1.86. The van der Waals surface area contributed by atoms with Gasteiger partial charge in [0.1, 0.15) is 18.2 Å². The Hall–Kier alpha value is -11.3. The van der Waals surface area contributed by atoms with Crippen molar-refractivity contribution < 1.29 is 70.8 Å². The van der Waals surface area contributed by atoms with E-state index in [0.29, 0.717) is 18.2 Å². The van der Waals surface area contributed by atoms with Crippen LogP contribution in [0.3, 0.4) is 0 Å². The Morgan fingerprint density at radius 2 is 0.391 bits per heavy atom. The van der Waals surface area contributed by atoms with Crippen molar-refractivity contribution in [2.45, 2.75) is 0 Å². The fraction of sp³-hybridized carbons (Fsp3) is 0. The summed E-state index contributed by atoms with van der Waals surface area (Å²) in [5.74, 6) is 0. The number of hydrogen-bond donors (Lipinski definition) is 0. The van der Waals surface area contributed by atoms with Crippen LogP contribution in [0.4, 0.5) is 51.2 Å². The summed E-state index contributed by atoms with van der Waals surface area (Å²) >= 11 is 0. The van der Waals surface area contributed by atoms with Crippen molar-refractivity contribution in [1.29, 1.82) is 0 Å². The maximum atomic E-state index is 12.6. The molecule has 0 atom stereocenters. The largest absolute Gasteiger partial charge is 0.443 e. The lowest BCUT2D eigenvalue weighted by atomic mass is 10.2. The number of fused-ring (bicyclic) bond motifs is 12. The molecule has 0 saturated heterocycles. The number of hydrogen-bond acceptors (Lipinski definition) is 24. The molecule has 348 valence electrons. The fourth-order valence-corrected chi connectivity index (χ4v) is 6.21. The van der Waals surface area contributed by atoms with Gasteiger partial charge in [-0.15, -0.1) is 0 Å². The number of rotatable bonds is 9. The molecule has 69 heavy (non-hydrogen) atoms. The molecular formula is C36H15N9O24. The Morgan fingerprint density at radius 3 is 0.522 bits per heavy atom. The first kappa shape index (κ1) is 45.7. The predicted octanol–water partition coefficient (Wildman–Crippen LogP) is 10.4. The maximum absolute atomic E-state index is 12.6. The fourth-order valence-electron chi connectivity index (χ4n) is 6.21. The van der Waals surface area contributed by atoms with Crippen molar-refractivity contribution in [2.24, 2.45) is 0 Å². The van der Waals surface area contributed by atoms with E-state index in [1.165, 1.54) is 0 Å². The molecule has 33 nitrogen and oxygen atoms in total. The van der Waals surface area contributed by atoms with Gasteiger partial charge >= 0.3 is 51.2 Å². The molecule has 0 aliphatic rings. The van der Waals surface area contributed by atoms with Crippen LogP contribution in [-0.2, 0) is 0 Å². The van der Waals surface area contributed by atoms with Crippen LogP contribution in [0.5, 0.6) is 0 Å². The van der Waals surface area contributed by atoms with Crippen molar-refractivity contribution in [1.82, 2.24) is 0 Å². The predicted molar refractivity (Wildman–Crippen MR) is 224 cm³/mol. The molecule has 0 fully saturated rings. The summed E-state index contributed by atoms with van der Waals surface area (Å²) < 4.78 is 33.1. The third-order valence-corrected chi connectivity index (χ3v) is 9.05. The highest BCUT2D eigenvalue weighted by Gasteiger charge is 2.30. The molecule has 0 aliphatic carbocycles. The number of nitro groups is 9. The van der Waals surface area contributed by atoms with Crippen molar-refractivity contribution in [3.63, 3.8) is 0 Å². The van der Waals surface area contributed by atoms with Crippen molar-refractivity contribution in [3.05, 3.63) is 182 Å². The molecule has 7 rings (SSSR count). The lowest BCUT2D eigenvalue weighted by Crippen LogP contribution is -1.95. The summed E-state index contributed by atoms with van der Waals surface area (Å²) in [6.45, 7) is 0. The minimum Gasteiger partial charge on any atom is -0.443 e. The standard InChI is InChI=1S/C36H15N9O24/c46-37(47)16-10-18(39(50)51)30-13-28(16)64-22-4-1-5-23(34(22)43(58)59)65-29-14-31(19(40(52)53)11-17(29)38(48)49)67-25-7-3-9-27(36(25)45(62)63)69-33-15-32(20(41(54)55)12-21(33)42(56)57)68-26-8-2-6-24(66-30)35(26)44(60)61/h1-15H. The van der Waals surface area contributed by atoms with Gasteiger partial charge in [0.2, 0.25) is 67.0 Å². The van der Waals surface area contributed by atoms with Crippen LogP contribution >= 0.6 is 0 Å². The van der Waals surface area contributed by atoms with Crippen LogP contribution in [0.1, 0.15) is 0 Å². The smallest absolute Gasteiger partial charge is 0.353 e. The molecule has 6 aromatic carbocycles. The highest BCUT2D eigenvalue weighted by Crippen LogP contribution is 2.39. The monoisotopic (exact) mass is 957 g/mol. The quantitative estimate of drug-likeness (QED) is 0.0958. The van der Waals surface area contributed by atoms with E-state index in [2.05, 4.69) is 0 Å². The van der Waals surface area contributed by atoms with Crippen molar-refractivity contribution >= 4 is 118 Å². The van der Waals surface area contributed by atoms with Gasteiger partial charge in [0.25, 0.3) is 0 Å². The van der Waals surface area contributed by atoms with Crippen LogP contribution in [0.15, 0.2) is 117 Å². The molecule has 0 radical (unpaired) electrons. The van der Waals surface area contributed by atoms with Crippen LogP contribution < -0.4 is 0 Å². The topological polar surface area (TPSA) is 467 Å². The van der Waals surface area contributed by atoms with Gasteiger partial charge in [0.05, 0.1) is 44.3 Å². The van der Waals surface area contributed by atoms with Crippen LogP contribution in [-0.4, -0.2) is 44.3 Å². The molecular weight excluding hydrogens is 942 g/mol. The SMILES string of the molecule is O=[N+]([O-])c1cc([N+](=O)[O-])c2cc1oc1cccc(oc3cc(oc4cccc(oc5cc(oc6cccc(o2)c6[N+](=O)[O-])c([N+](=O)[O-])cc5[N+](=O)[O-])c4[N+](=O)[O-])c([N+](=O)[O-])cc3[N+](=O)[O-])c1[N+](=O)[O-]. The minimum absolute atomic E-state index is 0.233. The van der Waals surface area contributed by atoms with Crippen molar-refractivity contribution in [3.8, 4) is 0 Å². The van der Waals surface area contributed by atoms with Gasteiger partial charge < -0.3 is 26.5 Å². The second-order valence-electron chi connectivity index (χ2n) is 13.1. The molecule has 1 aromatic heterocycles. The second kappa shape index (κ2) is 17.7. The summed E-state index contributed by atoms with van der Waals surface area (Å²) in [4.78, 5) is 100. The molecule has 12 bridgehead atoms. The summed E-state index contributed by atoms with van der Waals surface area (Å²) in [5.41, 5.74) is -24.1. The summed E-state index contributed by atoms with van der Waals surface area (Å²) in [6, 6.07) is 9.48. The number of para-hydroxylation sites is 3. The van der Waals surface area contributed by atoms with Gasteiger partial charge in [-0.3, -0.25) is 91.0 Å². The molecule has 0 unspecified atom stereocenters. The van der Waals surface area contributed by atoms with Gasteiger partial charge in [-0.2, -0.15) is 0 Å². The maximum Gasteiger partial charge on any atom is 0.353 e. The average Bonchev–Trinajstić information content (AvgIpc) is 3.25.